The van der Waals surface area contributed by atoms with Crippen LogP contribution >= 0.6 is 0 Å². The first-order valence-corrected chi connectivity index (χ1v) is 7.26. The number of carboxylic acids is 1. The van der Waals surface area contributed by atoms with E-state index in [1.165, 1.54) is 0 Å². The first kappa shape index (κ1) is 11.7. The van der Waals surface area contributed by atoms with E-state index in [-0.39, 0.29) is 18.1 Å². The summed E-state index contributed by atoms with van der Waals surface area (Å²) in [6.07, 6.45) is 5.28. The van der Waals surface area contributed by atoms with Gasteiger partial charge in [-0.05, 0) is 32.1 Å². The number of rotatable bonds is 2. The van der Waals surface area contributed by atoms with Crippen LogP contribution < -0.4 is 0 Å². The van der Waals surface area contributed by atoms with Crippen molar-refractivity contribution in [3.05, 3.63) is 0 Å². The SMILES string of the molecule is O=C(O)C12CCCC1(C(=O)N1CC3CCC(C1)O3)C2. The van der Waals surface area contributed by atoms with E-state index in [1.54, 1.807) is 0 Å². The highest BCUT2D eigenvalue weighted by Gasteiger charge is 2.78. The molecule has 2 aliphatic carbocycles. The van der Waals surface area contributed by atoms with Gasteiger partial charge in [0.15, 0.2) is 0 Å². The molecule has 2 heterocycles. The normalized spacial score (nSPS) is 47.1. The molecule has 5 nitrogen and oxygen atoms in total. The third-order valence-electron chi connectivity index (χ3n) is 5.75. The largest absolute Gasteiger partial charge is 0.481 e. The Morgan fingerprint density at radius 1 is 1.11 bits per heavy atom. The van der Waals surface area contributed by atoms with Gasteiger partial charge in [0.05, 0.1) is 23.0 Å². The van der Waals surface area contributed by atoms with E-state index in [0.29, 0.717) is 25.9 Å². The number of hydrogen-bond acceptors (Lipinski definition) is 3. The van der Waals surface area contributed by atoms with Gasteiger partial charge in [0.1, 0.15) is 0 Å². The average Bonchev–Trinajstić information content (AvgIpc) is 2.73. The highest BCUT2D eigenvalue weighted by Crippen LogP contribution is 2.74. The van der Waals surface area contributed by atoms with Crippen molar-refractivity contribution in [3.63, 3.8) is 0 Å². The molecule has 1 N–H and O–H groups in total. The fourth-order valence-electron chi connectivity index (χ4n) is 4.68. The Bertz CT molecular complexity index is 452. The molecule has 2 saturated heterocycles. The number of morpholine rings is 1. The molecule has 4 fully saturated rings. The molecule has 4 rings (SSSR count). The number of ether oxygens (including phenoxy) is 1. The second-order valence-electron chi connectivity index (χ2n) is 6.67. The lowest BCUT2D eigenvalue weighted by Gasteiger charge is -2.34. The summed E-state index contributed by atoms with van der Waals surface area (Å²) in [7, 11) is 0. The highest BCUT2D eigenvalue weighted by molar-refractivity contribution is 5.97. The molecular weight excluding hydrogens is 246 g/mol. The Hall–Kier alpha value is -1.10. The second-order valence-corrected chi connectivity index (χ2v) is 6.67. The van der Waals surface area contributed by atoms with E-state index >= 15 is 0 Å². The molecular formula is C14H19NO4. The van der Waals surface area contributed by atoms with E-state index in [0.717, 1.165) is 25.7 Å². The molecule has 19 heavy (non-hydrogen) atoms. The maximum atomic E-state index is 12.8. The van der Waals surface area contributed by atoms with Crippen molar-refractivity contribution in [2.75, 3.05) is 13.1 Å². The van der Waals surface area contributed by atoms with Gasteiger partial charge >= 0.3 is 5.97 Å². The van der Waals surface area contributed by atoms with E-state index in [9.17, 15) is 14.7 Å². The smallest absolute Gasteiger partial charge is 0.310 e. The van der Waals surface area contributed by atoms with Crippen LogP contribution in [0.25, 0.3) is 0 Å². The van der Waals surface area contributed by atoms with Crippen LogP contribution in [-0.4, -0.2) is 47.2 Å². The second kappa shape index (κ2) is 3.51. The lowest BCUT2D eigenvalue weighted by atomic mass is 9.94. The van der Waals surface area contributed by atoms with Gasteiger partial charge in [-0.2, -0.15) is 0 Å². The van der Waals surface area contributed by atoms with Crippen LogP contribution in [0.3, 0.4) is 0 Å². The lowest BCUT2D eigenvalue weighted by Crippen LogP contribution is -2.49. The predicted octanol–water partition coefficient (Wildman–Crippen LogP) is 1.02. The zero-order chi connectivity index (χ0) is 13.3. The molecule has 5 heteroatoms. The van der Waals surface area contributed by atoms with E-state index in [1.807, 2.05) is 4.90 Å². The maximum absolute atomic E-state index is 12.8. The summed E-state index contributed by atoms with van der Waals surface area (Å²) >= 11 is 0. The number of fused-ring (bicyclic) bond motifs is 3. The van der Waals surface area contributed by atoms with Gasteiger partial charge in [-0.15, -0.1) is 0 Å². The molecule has 0 radical (unpaired) electrons. The molecule has 4 unspecified atom stereocenters. The van der Waals surface area contributed by atoms with Crippen LogP contribution in [0.15, 0.2) is 0 Å². The molecule has 0 aromatic rings. The zero-order valence-electron chi connectivity index (χ0n) is 10.9. The number of nitrogens with zero attached hydrogens (tertiary/aromatic N) is 1. The zero-order valence-corrected chi connectivity index (χ0v) is 10.9. The van der Waals surface area contributed by atoms with Crippen molar-refractivity contribution in [2.45, 2.75) is 50.7 Å². The van der Waals surface area contributed by atoms with Crippen molar-refractivity contribution in [1.29, 1.82) is 0 Å². The molecule has 0 aromatic heterocycles. The van der Waals surface area contributed by atoms with Crippen molar-refractivity contribution in [3.8, 4) is 0 Å². The first-order chi connectivity index (χ1) is 9.07. The summed E-state index contributed by atoms with van der Waals surface area (Å²) < 4.78 is 5.75. The summed E-state index contributed by atoms with van der Waals surface area (Å²) in [5.41, 5.74) is -1.31. The van der Waals surface area contributed by atoms with E-state index in [2.05, 4.69) is 0 Å². The Morgan fingerprint density at radius 3 is 2.32 bits per heavy atom. The van der Waals surface area contributed by atoms with Gasteiger partial charge in [-0.3, -0.25) is 9.59 Å². The number of likely N-dealkylation sites (tertiary alicyclic amines) is 1. The number of carbonyl (C=O) groups excluding carboxylic acids is 1. The lowest BCUT2D eigenvalue weighted by molar-refractivity contribution is -0.153. The van der Waals surface area contributed by atoms with Gasteiger partial charge in [0.2, 0.25) is 5.91 Å². The minimum absolute atomic E-state index is 0.0904. The molecule has 2 aliphatic heterocycles. The van der Waals surface area contributed by atoms with Gasteiger partial charge in [0.25, 0.3) is 0 Å². The van der Waals surface area contributed by atoms with Crippen LogP contribution in [0.5, 0.6) is 0 Å². The van der Waals surface area contributed by atoms with Gasteiger partial charge in [-0.1, -0.05) is 6.42 Å². The van der Waals surface area contributed by atoms with Gasteiger partial charge in [-0.25, -0.2) is 0 Å². The van der Waals surface area contributed by atoms with Crippen molar-refractivity contribution >= 4 is 11.9 Å². The van der Waals surface area contributed by atoms with Crippen molar-refractivity contribution < 1.29 is 19.4 Å². The fraction of sp³-hybridized carbons (Fsp3) is 0.857. The monoisotopic (exact) mass is 265 g/mol. The van der Waals surface area contributed by atoms with Crippen LogP contribution in [0, 0.1) is 10.8 Å². The molecule has 4 atom stereocenters. The van der Waals surface area contributed by atoms with Crippen molar-refractivity contribution in [1.82, 2.24) is 4.90 Å². The Balaban J connectivity index is 1.57. The third kappa shape index (κ3) is 1.34. The number of carbonyl (C=O) groups is 2. The van der Waals surface area contributed by atoms with Gasteiger partial charge in [0, 0.05) is 13.1 Å². The van der Waals surface area contributed by atoms with Gasteiger partial charge < -0.3 is 14.7 Å². The molecule has 104 valence electrons. The van der Waals surface area contributed by atoms with Crippen LogP contribution in [-0.2, 0) is 14.3 Å². The summed E-state index contributed by atoms with van der Waals surface area (Å²) in [5.74, 6) is -0.679. The summed E-state index contributed by atoms with van der Waals surface area (Å²) in [6, 6.07) is 0. The quantitative estimate of drug-likeness (QED) is 0.809. The van der Waals surface area contributed by atoms with Crippen LogP contribution in [0.1, 0.15) is 38.5 Å². The standard InChI is InChI=1S/C14H19NO4/c16-11(15-6-9-2-3-10(7-15)19-9)13-4-1-5-14(13,8-13)12(17)18/h9-10H,1-8H2,(H,17,18). The molecule has 2 saturated carbocycles. The molecule has 0 aromatic carbocycles. The average molecular weight is 265 g/mol. The summed E-state index contributed by atoms with van der Waals surface area (Å²) in [4.78, 5) is 26.2. The van der Waals surface area contributed by atoms with E-state index in [4.69, 9.17) is 4.74 Å². The summed E-state index contributed by atoms with van der Waals surface area (Å²) in [5, 5.41) is 9.45. The van der Waals surface area contributed by atoms with Crippen molar-refractivity contribution in [2.24, 2.45) is 10.8 Å². The van der Waals surface area contributed by atoms with Crippen LogP contribution in [0.2, 0.25) is 0 Å². The summed E-state index contributed by atoms with van der Waals surface area (Å²) in [6.45, 7) is 1.32. The number of aliphatic carboxylic acids is 1. The third-order valence-corrected chi connectivity index (χ3v) is 5.75. The van der Waals surface area contributed by atoms with E-state index < -0.39 is 16.8 Å². The fourth-order valence-corrected chi connectivity index (χ4v) is 4.68. The number of amides is 1. The molecule has 2 bridgehead atoms. The predicted molar refractivity (Wildman–Crippen MR) is 65.4 cm³/mol. The first-order valence-electron chi connectivity index (χ1n) is 7.26. The number of carboxylic acid groups (broad SMARTS) is 1. The highest BCUT2D eigenvalue weighted by atomic mass is 16.5. The van der Waals surface area contributed by atoms with Crippen LogP contribution in [0.4, 0.5) is 0 Å². The maximum Gasteiger partial charge on any atom is 0.310 e. The minimum atomic E-state index is -0.769. The Labute approximate surface area is 111 Å². The topological polar surface area (TPSA) is 66.8 Å². The molecule has 0 spiro atoms. The Morgan fingerprint density at radius 2 is 1.74 bits per heavy atom. The molecule has 4 aliphatic rings. The Kier molecular flexibility index (Phi) is 2.16. The minimum Gasteiger partial charge on any atom is -0.481 e. The molecule has 1 amide bonds. The number of hydrogen-bond donors (Lipinski definition) is 1.